The summed E-state index contributed by atoms with van der Waals surface area (Å²) < 4.78 is 5.95. The number of amides is 1. The van der Waals surface area contributed by atoms with Gasteiger partial charge in [0.05, 0.1) is 17.7 Å². The Bertz CT molecular complexity index is 664. The number of rotatable bonds is 3. The molecule has 0 bridgehead atoms. The lowest BCUT2D eigenvalue weighted by atomic mass is 10.2. The molecule has 0 atom stereocenters. The van der Waals surface area contributed by atoms with Crippen LogP contribution >= 0.6 is 40.2 Å². The molecule has 2 aromatic rings. The number of anilines is 1. The normalized spacial score (nSPS) is 10.2. The Morgan fingerprint density at radius 3 is 2.75 bits per heavy atom. The fourth-order valence-corrected chi connectivity index (χ4v) is 2.52. The molecule has 0 aromatic heterocycles. The zero-order chi connectivity index (χ0) is 14.7. The van der Waals surface area contributed by atoms with Crippen LogP contribution in [-0.4, -0.2) is 13.0 Å². The van der Waals surface area contributed by atoms with Gasteiger partial charge >= 0.3 is 0 Å². The monoisotopic (exact) mass is 371 g/mol. The molecule has 1 N–H and O–H groups in total. The largest absolute Gasteiger partial charge is 0.497 e. The van der Waals surface area contributed by atoms with Gasteiger partial charge in [-0.15, -0.1) is 12.6 Å². The standard InChI is InChI=1S/C14H11BrClNO2S/c1-19-10-5-8(15)4-9(6-10)17-14(18)12-7-11(20)2-3-13(12)16/h2-7,20H,1H3,(H,17,18). The first kappa shape index (κ1) is 15.2. The second-order valence-electron chi connectivity index (χ2n) is 4.00. The van der Waals surface area contributed by atoms with Crippen molar-refractivity contribution in [1.82, 2.24) is 0 Å². The topological polar surface area (TPSA) is 38.3 Å². The molecule has 0 aliphatic carbocycles. The molecule has 0 aliphatic rings. The molecular weight excluding hydrogens is 362 g/mol. The van der Waals surface area contributed by atoms with Crippen molar-refractivity contribution in [3.05, 3.63) is 51.5 Å². The van der Waals surface area contributed by atoms with Crippen molar-refractivity contribution >= 4 is 51.8 Å². The van der Waals surface area contributed by atoms with Crippen LogP contribution in [0.1, 0.15) is 10.4 Å². The zero-order valence-electron chi connectivity index (χ0n) is 10.5. The molecule has 20 heavy (non-hydrogen) atoms. The van der Waals surface area contributed by atoms with E-state index < -0.39 is 0 Å². The highest BCUT2D eigenvalue weighted by Crippen LogP contribution is 2.26. The summed E-state index contributed by atoms with van der Waals surface area (Å²) in [4.78, 5) is 12.9. The summed E-state index contributed by atoms with van der Waals surface area (Å²) in [6, 6.07) is 10.3. The molecular formula is C14H11BrClNO2S. The molecule has 0 fully saturated rings. The number of thiol groups is 1. The SMILES string of the molecule is COc1cc(Br)cc(NC(=O)c2cc(S)ccc2Cl)c1. The quantitative estimate of drug-likeness (QED) is 0.770. The van der Waals surface area contributed by atoms with Gasteiger partial charge in [0, 0.05) is 21.1 Å². The molecule has 104 valence electrons. The predicted molar refractivity (Wildman–Crippen MR) is 87.4 cm³/mol. The first-order valence-corrected chi connectivity index (χ1v) is 7.26. The van der Waals surface area contributed by atoms with Gasteiger partial charge in [0.2, 0.25) is 0 Å². The van der Waals surface area contributed by atoms with Crippen LogP contribution in [0.15, 0.2) is 45.8 Å². The third-order valence-electron chi connectivity index (χ3n) is 2.56. The molecule has 0 saturated carbocycles. The Morgan fingerprint density at radius 1 is 1.30 bits per heavy atom. The Balaban J connectivity index is 2.27. The maximum atomic E-state index is 12.2. The maximum Gasteiger partial charge on any atom is 0.257 e. The molecule has 0 unspecified atom stereocenters. The van der Waals surface area contributed by atoms with Crippen molar-refractivity contribution in [3.8, 4) is 5.75 Å². The van der Waals surface area contributed by atoms with Crippen LogP contribution in [0, 0.1) is 0 Å². The van der Waals surface area contributed by atoms with Gasteiger partial charge in [-0.1, -0.05) is 27.5 Å². The van der Waals surface area contributed by atoms with E-state index in [1.165, 1.54) is 0 Å². The van der Waals surface area contributed by atoms with Crippen LogP contribution in [-0.2, 0) is 0 Å². The molecule has 2 rings (SSSR count). The lowest BCUT2D eigenvalue weighted by Gasteiger charge is -2.09. The van der Waals surface area contributed by atoms with Gasteiger partial charge in [-0.25, -0.2) is 0 Å². The third kappa shape index (κ3) is 3.69. The highest BCUT2D eigenvalue weighted by Gasteiger charge is 2.12. The molecule has 0 saturated heterocycles. The number of halogens is 2. The van der Waals surface area contributed by atoms with Crippen LogP contribution in [0.25, 0.3) is 0 Å². The Morgan fingerprint density at radius 2 is 2.05 bits per heavy atom. The molecule has 0 heterocycles. The molecule has 0 radical (unpaired) electrons. The van der Waals surface area contributed by atoms with Gasteiger partial charge in [0.1, 0.15) is 5.75 Å². The molecule has 0 aliphatic heterocycles. The Hall–Kier alpha value is -1.17. The summed E-state index contributed by atoms with van der Waals surface area (Å²) in [5, 5.41) is 3.15. The first-order chi connectivity index (χ1) is 9.49. The van der Waals surface area contributed by atoms with Crippen LogP contribution in [0.2, 0.25) is 5.02 Å². The smallest absolute Gasteiger partial charge is 0.257 e. The van der Waals surface area contributed by atoms with Gasteiger partial charge in [0.15, 0.2) is 0 Å². The summed E-state index contributed by atoms with van der Waals surface area (Å²) >= 11 is 13.6. The summed E-state index contributed by atoms with van der Waals surface area (Å²) in [6.45, 7) is 0. The maximum absolute atomic E-state index is 12.2. The van der Waals surface area contributed by atoms with Crippen molar-refractivity contribution in [2.24, 2.45) is 0 Å². The van der Waals surface area contributed by atoms with Crippen molar-refractivity contribution in [1.29, 1.82) is 0 Å². The van der Waals surface area contributed by atoms with E-state index in [4.69, 9.17) is 16.3 Å². The summed E-state index contributed by atoms with van der Waals surface area (Å²) in [5.74, 6) is 0.342. The Kier molecular flexibility index (Phi) is 4.96. The van der Waals surface area contributed by atoms with Crippen LogP contribution in [0.4, 0.5) is 5.69 Å². The van der Waals surface area contributed by atoms with Crippen molar-refractivity contribution in [3.63, 3.8) is 0 Å². The summed E-state index contributed by atoms with van der Waals surface area (Å²) in [5.41, 5.74) is 0.986. The van der Waals surface area contributed by atoms with Gasteiger partial charge in [-0.3, -0.25) is 4.79 Å². The Labute approximate surface area is 135 Å². The van der Waals surface area contributed by atoms with Gasteiger partial charge in [0.25, 0.3) is 5.91 Å². The fourth-order valence-electron chi connectivity index (χ4n) is 1.64. The van der Waals surface area contributed by atoms with Crippen molar-refractivity contribution < 1.29 is 9.53 Å². The molecule has 2 aromatic carbocycles. The van der Waals surface area contributed by atoms with Crippen molar-refractivity contribution in [2.75, 3.05) is 12.4 Å². The van der Waals surface area contributed by atoms with E-state index in [9.17, 15) is 4.79 Å². The first-order valence-electron chi connectivity index (χ1n) is 5.64. The number of hydrogen-bond acceptors (Lipinski definition) is 3. The number of carbonyl (C=O) groups excluding carboxylic acids is 1. The second kappa shape index (κ2) is 6.52. The number of ether oxygens (including phenoxy) is 1. The number of carbonyl (C=O) groups is 1. The van der Waals surface area contributed by atoms with E-state index >= 15 is 0 Å². The summed E-state index contributed by atoms with van der Waals surface area (Å²) in [7, 11) is 1.56. The highest BCUT2D eigenvalue weighted by atomic mass is 79.9. The minimum absolute atomic E-state index is 0.300. The van der Waals surface area contributed by atoms with E-state index in [0.717, 1.165) is 4.47 Å². The minimum Gasteiger partial charge on any atom is -0.497 e. The van der Waals surface area contributed by atoms with E-state index in [2.05, 4.69) is 33.9 Å². The zero-order valence-corrected chi connectivity index (χ0v) is 13.7. The molecule has 0 spiro atoms. The number of methoxy groups -OCH3 is 1. The predicted octanol–water partition coefficient (Wildman–Crippen LogP) is 4.65. The fraction of sp³-hybridized carbons (Fsp3) is 0.0714. The lowest BCUT2D eigenvalue weighted by Crippen LogP contribution is -2.12. The molecule has 6 heteroatoms. The van der Waals surface area contributed by atoms with E-state index in [1.54, 1.807) is 43.5 Å². The number of nitrogens with one attached hydrogen (secondary N) is 1. The average molecular weight is 373 g/mol. The molecule has 3 nitrogen and oxygen atoms in total. The van der Waals surface area contributed by atoms with Crippen LogP contribution < -0.4 is 10.1 Å². The van der Waals surface area contributed by atoms with Gasteiger partial charge in [-0.05, 0) is 30.3 Å². The van der Waals surface area contributed by atoms with Crippen molar-refractivity contribution in [2.45, 2.75) is 4.90 Å². The van der Waals surface area contributed by atoms with Crippen LogP contribution in [0.5, 0.6) is 5.75 Å². The minimum atomic E-state index is -0.300. The third-order valence-corrected chi connectivity index (χ3v) is 3.63. The lowest BCUT2D eigenvalue weighted by molar-refractivity contribution is 0.102. The number of benzene rings is 2. The highest BCUT2D eigenvalue weighted by molar-refractivity contribution is 9.10. The van der Waals surface area contributed by atoms with E-state index in [1.807, 2.05) is 0 Å². The van der Waals surface area contributed by atoms with E-state index in [-0.39, 0.29) is 5.91 Å². The number of hydrogen-bond donors (Lipinski definition) is 2. The average Bonchev–Trinajstić information content (AvgIpc) is 2.40. The van der Waals surface area contributed by atoms with E-state index in [0.29, 0.717) is 26.9 Å². The second-order valence-corrected chi connectivity index (χ2v) is 5.84. The van der Waals surface area contributed by atoms with Gasteiger partial charge < -0.3 is 10.1 Å². The molecule has 1 amide bonds. The van der Waals surface area contributed by atoms with Gasteiger partial charge in [-0.2, -0.15) is 0 Å². The summed E-state index contributed by atoms with van der Waals surface area (Å²) in [6.07, 6.45) is 0. The van der Waals surface area contributed by atoms with Crippen LogP contribution in [0.3, 0.4) is 0 Å².